The number of nitrogens with one attached hydrogen (secondary N) is 1. The van der Waals surface area contributed by atoms with E-state index in [1.165, 1.54) is 5.01 Å². The minimum Gasteiger partial charge on any atom is -0.306 e. The van der Waals surface area contributed by atoms with Gasteiger partial charge in [-0.05, 0) is 54.8 Å². The van der Waals surface area contributed by atoms with Crippen molar-refractivity contribution in [2.75, 3.05) is 17.7 Å². The topological polar surface area (TPSA) is 44.7 Å². The van der Waals surface area contributed by atoms with Crippen LogP contribution in [0, 0.1) is 5.41 Å². The molecule has 0 aromatic heterocycles. The maximum Gasteiger partial charge on any atom is 0.342 e. The third-order valence-corrected chi connectivity index (χ3v) is 5.37. The van der Waals surface area contributed by atoms with Crippen LogP contribution in [0.4, 0.5) is 10.5 Å². The minimum absolute atomic E-state index is 0.278. The van der Waals surface area contributed by atoms with Gasteiger partial charge in [0.2, 0.25) is 0 Å². The van der Waals surface area contributed by atoms with Crippen molar-refractivity contribution in [2.45, 2.75) is 19.8 Å². The first-order valence-electron chi connectivity index (χ1n) is 8.66. The molecule has 0 radical (unpaired) electrons. The van der Waals surface area contributed by atoms with Gasteiger partial charge in [-0.25, -0.2) is 9.80 Å². The first-order chi connectivity index (χ1) is 12.9. The Kier molecular flexibility index (Phi) is 6.30. The molecule has 142 valence electrons. The Balaban J connectivity index is 1.84. The highest BCUT2D eigenvalue weighted by Crippen LogP contribution is 2.36. The number of benzene rings is 2. The van der Waals surface area contributed by atoms with Crippen LogP contribution in [0.25, 0.3) is 0 Å². The number of halogens is 3. The van der Waals surface area contributed by atoms with Crippen molar-refractivity contribution in [1.29, 1.82) is 0 Å². The largest absolute Gasteiger partial charge is 0.342 e. The number of amides is 2. The van der Waals surface area contributed by atoms with Gasteiger partial charge in [-0.3, -0.25) is 0 Å². The number of hydrogen-bond acceptors (Lipinski definition) is 2. The normalized spacial score (nSPS) is 19.1. The summed E-state index contributed by atoms with van der Waals surface area (Å²) in [4.78, 5) is 12.7. The van der Waals surface area contributed by atoms with Gasteiger partial charge in [0.1, 0.15) is 0 Å². The van der Waals surface area contributed by atoms with Crippen molar-refractivity contribution >= 4 is 52.2 Å². The second-order valence-corrected chi connectivity index (χ2v) is 8.05. The molecule has 1 N–H and O–H groups in total. The van der Waals surface area contributed by atoms with E-state index in [0.717, 1.165) is 24.1 Å². The second kappa shape index (κ2) is 8.51. The lowest BCUT2D eigenvalue weighted by atomic mass is 9.78. The SMILES string of the molecule is CC1(CCCCl)CN(C(=O)Nc2ccc(Cl)cc2)N=C1c1ccc(Cl)cc1. The molecule has 7 heteroatoms. The molecule has 0 aliphatic carbocycles. The van der Waals surface area contributed by atoms with Crippen LogP contribution >= 0.6 is 34.8 Å². The van der Waals surface area contributed by atoms with Crippen molar-refractivity contribution in [2.24, 2.45) is 10.5 Å². The molecule has 4 nitrogen and oxygen atoms in total. The van der Waals surface area contributed by atoms with Crippen LogP contribution in [0.5, 0.6) is 0 Å². The standard InChI is InChI=1S/C20H20Cl3N3O/c1-20(11-2-12-21)13-26(19(27)24-17-9-7-16(23)8-10-17)25-18(20)14-3-5-15(22)6-4-14/h3-10H,2,11-13H2,1H3,(H,24,27). The van der Waals surface area contributed by atoms with E-state index in [0.29, 0.717) is 28.2 Å². The maximum absolute atomic E-state index is 12.7. The molecular weight excluding hydrogens is 405 g/mol. The van der Waals surface area contributed by atoms with Crippen LogP contribution in [0.2, 0.25) is 10.0 Å². The molecule has 2 amide bonds. The van der Waals surface area contributed by atoms with Gasteiger partial charge in [0.25, 0.3) is 0 Å². The van der Waals surface area contributed by atoms with E-state index in [-0.39, 0.29) is 11.4 Å². The van der Waals surface area contributed by atoms with Gasteiger partial charge in [0.15, 0.2) is 0 Å². The number of urea groups is 1. The summed E-state index contributed by atoms with van der Waals surface area (Å²) in [6, 6.07) is 14.2. The summed E-state index contributed by atoms with van der Waals surface area (Å²) in [6.45, 7) is 2.60. The number of carbonyl (C=O) groups excluding carboxylic acids is 1. The Morgan fingerprint density at radius 1 is 1.11 bits per heavy atom. The van der Waals surface area contributed by atoms with Gasteiger partial charge < -0.3 is 5.32 Å². The average Bonchev–Trinajstić information content (AvgIpc) is 3.01. The molecule has 27 heavy (non-hydrogen) atoms. The zero-order chi connectivity index (χ0) is 19.4. The summed E-state index contributed by atoms with van der Waals surface area (Å²) in [5.74, 6) is 0.570. The van der Waals surface area contributed by atoms with Crippen molar-refractivity contribution < 1.29 is 4.79 Å². The molecule has 1 atom stereocenters. The van der Waals surface area contributed by atoms with Crippen LogP contribution in [-0.4, -0.2) is 29.2 Å². The Bertz CT molecular complexity index is 837. The Morgan fingerprint density at radius 2 is 1.70 bits per heavy atom. The predicted octanol–water partition coefficient (Wildman–Crippen LogP) is 6.27. The summed E-state index contributed by atoms with van der Waals surface area (Å²) < 4.78 is 0. The van der Waals surface area contributed by atoms with Gasteiger partial charge in [0.05, 0.1) is 12.3 Å². The Labute approximate surface area is 174 Å². The van der Waals surface area contributed by atoms with E-state index < -0.39 is 0 Å². The first kappa shape index (κ1) is 20.0. The fraction of sp³-hybridized carbons (Fsp3) is 0.300. The van der Waals surface area contributed by atoms with Crippen LogP contribution in [-0.2, 0) is 0 Å². The van der Waals surface area contributed by atoms with Gasteiger partial charge in [-0.1, -0.05) is 42.3 Å². The van der Waals surface area contributed by atoms with E-state index in [2.05, 4.69) is 17.3 Å². The highest BCUT2D eigenvalue weighted by molar-refractivity contribution is 6.31. The van der Waals surface area contributed by atoms with Crippen molar-refractivity contribution in [3.63, 3.8) is 0 Å². The number of nitrogens with zero attached hydrogens (tertiary/aromatic N) is 2. The quantitative estimate of drug-likeness (QED) is 0.565. The van der Waals surface area contributed by atoms with E-state index in [4.69, 9.17) is 34.8 Å². The van der Waals surface area contributed by atoms with Crippen molar-refractivity contribution in [1.82, 2.24) is 5.01 Å². The lowest BCUT2D eigenvalue weighted by molar-refractivity contribution is 0.206. The number of alkyl halides is 1. The number of hydrazone groups is 1. The minimum atomic E-state index is -0.279. The molecule has 0 bridgehead atoms. The lowest BCUT2D eigenvalue weighted by Crippen LogP contribution is -2.35. The van der Waals surface area contributed by atoms with Gasteiger partial charge >= 0.3 is 6.03 Å². The second-order valence-electron chi connectivity index (χ2n) is 6.80. The zero-order valence-corrected chi connectivity index (χ0v) is 17.2. The smallest absolute Gasteiger partial charge is 0.306 e. The highest BCUT2D eigenvalue weighted by Gasteiger charge is 2.40. The van der Waals surface area contributed by atoms with Gasteiger partial charge in [-0.15, -0.1) is 11.6 Å². The van der Waals surface area contributed by atoms with Gasteiger partial charge in [0, 0.05) is 27.0 Å². The fourth-order valence-corrected chi connectivity index (χ4v) is 3.57. The maximum atomic E-state index is 12.7. The molecule has 0 saturated carbocycles. The molecule has 3 rings (SSSR count). The van der Waals surface area contributed by atoms with Crippen molar-refractivity contribution in [3.8, 4) is 0 Å². The molecule has 1 aliphatic heterocycles. The van der Waals surface area contributed by atoms with Crippen molar-refractivity contribution in [3.05, 3.63) is 64.1 Å². The molecule has 1 aliphatic rings. The molecular formula is C20H20Cl3N3O. The lowest BCUT2D eigenvalue weighted by Gasteiger charge is -2.26. The molecule has 0 spiro atoms. The molecule has 2 aromatic carbocycles. The average molecular weight is 425 g/mol. The molecule has 0 fully saturated rings. The fourth-order valence-electron chi connectivity index (χ4n) is 3.19. The number of hydrogen-bond donors (Lipinski definition) is 1. The molecule has 0 saturated heterocycles. The number of anilines is 1. The predicted molar refractivity (Wildman–Crippen MR) is 113 cm³/mol. The first-order valence-corrected chi connectivity index (χ1v) is 9.95. The van der Waals surface area contributed by atoms with E-state index in [1.807, 2.05) is 24.3 Å². The Morgan fingerprint density at radius 3 is 2.30 bits per heavy atom. The van der Waals surface area contributed by atoms with E-state index in [9.17, 15) is 4.79 Å². The summed E-state index contributed by atoms with van der Waals surface area (Å²) in [5.41, 5.74) is 2.22. The molecule has 2 aromatic rings. The summed E-state index contributed by atoms with van der Waals surface area (Å²) >= 11 is 17.8. The third kappa shape index (κ3) is 4.75. The molecule has 1 unspecified atom stereocenters. The molecule has 1 heterocycles. The number of rotatable bonds is 5. The van der Waals surface area contributed by atoms with Crippen LogP contribution in [0.15, 0.2) is 53.6 Å². The zero-order valence-electron chi connectivity index (χ0n) is 14.9. The highest BCUT2D eigenvalue weighted by atomic mass is 35.5. The van der Waals surface area contributed by atoms with E-state index >= 15 is 0 Å². The van der Waals surface area contributed by atoms with Crippen LogP contribution in [0.3, 0.4) is 0 Å². The van der Waals surface area contributed by atoms with Crippen LogP contribution in [0.1, 0.15) is 25.3 Å². The monoisotopic (exact) mass is 423 g/mol. The number of carbonyl (C=O) groups is 1. The third-order valence-electron chi connectivity index (χ3n) is 4.60. The summed E-state index contributed by atoms with van der Waals surface area (Å²) in [6.07, 6.45) is 1.68. The van der Waals surface area contributed by atoms with Gasteiger partial charge in [-0.2, -0.15) is 5.10 Å². The summed E-state index contributed by atoms with van der Waals surface area (Å²) in [7, 11) is 0. The van der Waals surface area contributed by atoms with E-state index in [1.54, 1.807) is 24.3 Å². The summed E-state index contributed by atoms with van der Waals surface area (Å²) in [5, 5.41) is 10.3. The Hall–Kier alpha value is -1.75. The van der Waals surface area contributed by atoms with Crippen LogP contribution < -0.4 is 5.32 Å².